The van der Waals surface area contributed by atoms with Gasteiger partial charge in [0.25, 0.3) is 0 Å². The third-order valence-corrected chi connectivity index (χ3v) is 7.27. The Balaban J connectivity index is 1.68. The quantitative estimate of drug-likeness (QED) is 0.448. The molecule has 23 heavy (non-hydrogen) atoms. The average molecular weight is 424 g/mol. The van der Waals surface area contributed by atoms with Crippen LogP contribution in [0.4, 0.5) is 0 Å². The van der Waals surface area contributed by atoms with Gasteiger partial charge in [-0.3, -0.25) is 0 Å². The number of aromatic nitrogens is 2. The molecule has 0 aliphatic heterocycles. The molecular formula is C18H21IN2O2. The SMILES string of the molecule is CCOC(=O)c1ccc2[nH]c(C34CCC(I)(CC3)CC4)nc2c1. The number of rotatable bonds is 3. The van der Waals surface area contributed by atoms with Crippen LogP contribution in [0.3, 0.4) is 0 Å². The van der Waals surface area contributed by atoms with Gasteiger partial charge in [0.1, 0.15) is 5.82 Å². The molecular weight excluding hydrogens is 403 g/mol. The van der Waals surface area contributed by atoms with Crippen LogP contribution in [0.2, 0.25) is 0 Å². The van der Waals surface area contributed by atoms with Gasteiger partial charge in [-0.2, -0.15) is 0 Å². The number of alkyl halides is 1. The zero-order valence-corrected chi connectivity index (χ0v) is 15.5. The molecule has 3 aliphatic rings. The summed E-state index contributed by atoms with van der Waals surface area (Å²) in [6, 6.07) is 5.61. The first kappa shape index (κ1) is 15.4. The van der Waals surface area contributed by atoms with Crippen molar-refractivity contribution in [1.29, 1.82) is 0 Å². The van der Waals surface area contributed by atoms with Gasteiger partial charge in [0.2, 0.25) is 0 Å². The molecule has 5 heteroatoms. The molecule has 0 amide bonds. The number of esters is 1. The molecule has 2 aromatic rings. The first-order valence-corrected chi connectivity index (χ1v) is 9.48. The van der Waals surface area contributed by atoms with E-state index in [1.165, 1.54) is 38.5 Å². The number of hydrogen-bond acceptors (Lipinski definition) is 3. The highest BCUT2D eigenvalue weighted by atomic mass is 127. The van der Waals surface area contributed by atoms with E-state index >= 15 is 0 Å². The van der Waals surface area contributed by atoms with E-state index in [-0.39, 0.29) is 11.4 Å². The molecule has 1 heterocycles. The van der Waals surface area contributed by atoms with E-state index in [1.807, 2.05) is 25.1 Å². The van der Waals surface area contributed by atoms with Gasteiger partial charge in [-0.1, -0.05) is 22.6 Å². The van der Waals surface area contributed by atoms with Crippen molar-refractivity contribution in [3.8, 4) is 0 Å². The maximum absolute atomic E-state index is 11.9. The Morgan fingerprint density at radius 3 is 2.61 bits per heavy atom. The zero-order chi connectivity index (χ0) is 16.1. The molecule has 4 nitrogen and oxygen atoms in total. The number of H-pyrrole nitrogens is 1. The van der Waals surface area contributed by atoms with Gasteiger partial charge in [-0.25, -0.2) is 9.78 Å². The second-order valence-electron chi connectivity index (χ2n) is 6.97. The first-order valence-electron chi connectivity index (χ1n) is 8.40. The zero-order valence-electron chi connectivity index (χ0n) is 13.3. The normalized spacial score (nSPS) is 29.8. The third-order valence-electron chi connectivity index (χ3n) is 5.65. The van der Waals surface area contributed by atoms with Gasteiger partial charge in [0.15, 0.2) is 0 Å². The Morgan fingerprint density at radius 1 is 1.26 bits per heavy atom. The standard InChI is InChI=1S/C18H21IN2O2/c1-2-23-15(22)12-3-4-13-14(11-12)21-16(20-13)17-5-8-18(19,9-6-17)10-7-17/h3-4,11H,2,5-10H2,1H3,(H,20,21). The molecule has 2 bridgehead atoms. The van der Waals surface area contributed by atoms with Crippen LogP contribution in [0.1, 0.15) is 61.6 Å². The molecule has 5 rings (SSSR count). The fraction of sp³-hybridized carbons (Fsp3) is 0.556. The number of imidazole rings is 1. The van der Waals surface area contributed by atoms with Crippen LogP contribution >= 0.6 is 22.6 Å². The lowest BCUT2D eigenvalue weighted by atomic mass is 9.60. The van der Waals surface area contributed by atoms with Crippen molar-refractivity contribution >= 4 is 39.6 Å². The van der Waals surface area contributed by atoms with Crippen LogP contribution in [0.15, 0.2) is 18.2 Å². The summed E-state index contributed by atoms with van der Waals surface area (Å²) in [6.45, 7) is 2.21. The fourth-order valence-electron chi connectivity index (χ4n) is 4.09. The Hall–Kier alpha value is -1.11. The van der Waals surface area contributed by atoms with E-state index in [9.17, 15) is 4.79 Å². The number of aromatic amines is 1. The Kier molecular flexibility index (Phi) is 3.66. The van der Waals surface area contributed by atoms with Gasteiger partial charge in [-0.15, -0.1) is 0 Å². The smallest absolute Gasteiger partial charge is 0.338 e. The van der Waals surface area contributed by atoms with Crippen LogP contribution in [0.25, 0.3) is 11.0 Å². The topological polar surface area (TPSA) is 55.0 Å². The Morgan fingerprint density at radius 2 is 1.96 bits per heavy atom. The van der Waals surface area contributed by atoms with E-state index in [0.717, 1.165) is 16.9 Å². The van der Waals surface area contributed by atoms with Crippen molar-refractivity contribution in [2.24, 2.45) is 0 Å². The molecule has 0 atom stereocenters. The average Bonchev–Trinajstić information content (AvgIpc) is 3.00. The second-order valence-corrected chi connectivity index (χ2v) is 9.26. The minimum atomic E-state index is -0.276. The summed E-state index contributed by atoms with van der Waals surface area (Å²) in [7, 11) is 0. The van der Waals surface area contributed by atoms with Crippen LogP contribution in [0, 0.1) is 0 Å². The molecule has 0 unspecified atom stereocenters. The van der Waals surface area contributed by atoms with Crippen molar-refractivity contribution in [3.63, 3.8) is 0 Å². The molecule has 0 radical (unpaired) electrons. The largest absolute Gasteiger partial charge is 0.462 e. The van der Waals surface area contributed by atoms with Crippen molar-refractivity contribution in [1.82, 2.24) is 9.97 Å². The number of carbonyl (C=O) groups excluding carboxylic acids is 1. The predicted molar refractivity (Wildman–Crippen MR) is 98.2 cm³/mol. The summed E-state index contributed by atoms with van der Waals surface area (Å²) >= 11 is 2.67. The van der Waals surface area contributed by atoms with Crippen molar-refractivity contribution in [2.75, 3.05) is 6.61 Å². The van der Waals surface area contributed by atoms with E-state index in [0.29, 0.717) is 15.6 Å². The van der Waals surface area contributed by atoms with Crippen LogP contribution < -0.4 is 0 Å². The molecule has 1 aromatic heterocycles. The summed E-state index contributed by atoms with van der Waals surface area (Å²) < 4.78 is 5.61. The second kappa shape index (κ2) is 5.46. The summed E-state index contributed by atoms with van der Waals surface area (Å²) in [4.78, 5) is 20.3. The van der Waals surface area contributed by atoms with Crippen molar-refractivity contribution in [2.45, 2.75) is 54.3 Å². The number of carbonyl (C=O) groups is 1. The van der Waals surface area contributed by atoms with Crippen molar-refractivity contribution < 1.29 is 9.53 Å². The summed E-state index contributed by atoms with van der Waals surface area (Å²) in [5.41, 5.74) is 2.68. The minimum Gasteiger partial charge on any atom is -0.462 e. The van der Waals surface area contributed by atoms with E-state index in [1.54, 1.807) is 0 Å². The molecule has 3 saturated carbocycles. The number of nitrogens with one attached hydrogen (secondary N) is 1. The molecule has 1 aromatic carbocycles. The number of halogens is 1. The van der Waals surface area contributed by atoms with Gasteiger partial charge < -0.3 is 9.72 Å². The fourth-order valence-corrected chi connectivity index (χ4v) is 4.90. The van der Waals surface area contributed by atoms with E-state index in [2.05, 4.69) is 27.6 Å². The lowest BCUT2D eigenvalue weighted by molar-refractivity contribution is 0.0526. The van der Waals surface area contributed by atoms with Crippen LogP contribution in [-0.2, 0) is 10.2 Å². The maximum Gasteiger partial charge on any atom is 0.338 e. The van der Waals surface area contributed by atoms with Crippen molar-refractivity contribution in [3.05, 3.63) is 29.6 Å². The number of hydrogen-bond donors (Lipinski definition) is 1. The lowest BCUT2D eigenvalue weighted by Gasteiger charge is -2.50. The third kappa shape index (κ3) is 2.57. The van der Waals surface area contributed by atoms with Gasteiger partial charge in [0.05, 0.1) is 23.2 Å². The van der Waals surface area contributed by atoms with Crippen LogP contribution in [-0.4, -0.2) is 26.0 Å². The molecule has 0 spiro atoms. The molecule has 122 valence electrons. The van der Waals surface area contributed by atoms with Crippen LogP contribution in [0.5, 0.6) is 0 Å². The van der Waals surface area contributed by atoms with Gasteiger partial charge >= 0.3 is 5.97 Å². The summed E-state index contributed by atoms with van der Waals surface area (Å²) in [5.74, 6) is 0.841. The minimum absolute atomic E-state index is 0.218. The molecule has 3 fully saturated rings. The highest BCUT2D eigenvalue weighted by molar-refractivity contribution is 14.1. The van der Waals surface area contributed by atoms with Gasteiger partial charge in [-0.05, 0) is 63.6 Å². The molecule has 3 aliphatic carbocycles. The van der Waals surface area contributed by atoms with Gasteiger partial charge in [0, 0.05) is 8.84 Å². The predicted octanol–water partition coefficient (Wildman–Crippen LogP) is 4.52. The van der Waals surface area contributed by atoms with E-state index < -0.39 is 0 Å². The highest BCUT2D eigenvalue weighted by Crippen LogP contribution is 2.56. The number of ether oxygens (including phenoxy) is 1. The number of benzene rings is 1. The summed E-state index contributed by atoms with van der Waals surface area (Å²) in [5, 5.41) is 0. The Bertz CT molecular complexity index is 743. The molecule has 1 N–H and O–H groups in total. The number of nitrogens with zero attached hydrogens (tertiary/aromatic N) is 1. The first-order chi connectivity index (χ1) is 11.0. The summed E-state index contributed by atoms with van der Waals surface area (Å²) in [6.07, 6.45) is 7.54. The monoisotopic (exact) mass is 424 g/mol. The Labute approximate surface area is 149 Å². The molecule has 0 saturated heterocycles. The number of fused-ring (bicyclic) bond motifs is 4. The maximum atomic E-state index is 11.9. The lowest BCUT2D eigenvalue weighted by Crippen LogP contribution is -2.45. The highest BCUT2D eigenvalue weighted by Gasteiger charge is 2.49. The van der Waals surface area contributed by atoms with E-state index in [4.69, 9.17) is 9.72 Å².